The predicted octanol–water partition coefficient (Wildman–Crippen LogP) is 3.19. The Hall–Kier alpha value is -0.930. The Morgan fingerprint density at radius 1 is 1.44 bits per heavy atom. The standard InChI is InChI=1S/C13H15NOS/c1-13(15-6-7-16-13)8-10-9-14-12-5-3-2-4-11(10)12/h2-5,9,14H,6-8H2,1H3/t13-/m1/s1. The van der Waals surface area contributed by atoms with Gasteiger partial charge in [-0.15, -0.1) is 11.8 Å². The molecular formula is C13H15NOS. The van der Waals surface area contributed by atoms with Gasteiger partial charge >= 0.3 is 0 Å². The first-order valence-electron chi connectivity index (χ1n) is 5.60. The topological polar surface area (TPSA) is 25.0 Å². The fourth-order valence-corrected chi connectivity index (χ4v) is 3.31. The number of aromatic amines is 1. The summed E-state index contributed by atoms with van der Waals surface area (Å²) in [6.07, 6.45) is 3.08. The van der Waals surface area contributed by atoms with Gasteiger partial charge in [-0.3, -0.25) is 0 Å². The Morgan fingerprint density at radius 3 is 3.12 bits per heavy atom. The van der Waals surface area contributed by atoms with Gasteiger partial charge in [0.2, 0.25) is 0 Å². The van der Waals surface area contributed by atoms with E-state index < -0.39 is 0 Å². The molecule has 2 aromatic rings. The summed E-state index contributed by atoms with van der Waals surface area (Å²) in [7, 11) is 0. The van der Waals surface area contributed by atoms with E-state index in [1.807, 2.05) is 11.8 Å². The van der Waals surface area contributed by atoms with Crippen LogP contribution in [0.3, 0.4) is 0 Å². The van der Waals surface area contributed by atoms with Crippen molar-refractivity contribution in [2.75, 3.05) is 12.4 Å². The van der Waals surface area contributed by atoms with E-state index in [-0.39, 0.29) is 4.93 Å². The SMILES string of the molecule is C[C@@]1(Cc2c[nH]c3ccccc23)OCCS1. The third kappa shape index (κ3) is 1.74. The summed E-state index contributed by atoms with van der Waals surface area (Å²) < 4.78 is 5.81. The molecule has 1 aromatic carbocycles. The molecule has 1 saturated heterocycles. The van der Waals surface area contributed by atoms with Crippen LogP contribution >= 0.6 is 11.8 Å². The zero-order valence-corrected chi connectivity index (χ0v) is 10.1. The molecule has 1 aromatic heterocycles. The number of hydrogen-bond donors (Lipinski definition) is 1. The highest BCUT2D eigenvalue weighted by Crippen LogP contribution is 2.36. The van der Waals surface area contributed by atoms with Crippen LogP contribution in [0.4, 0.5) is 0 Å². The molecule has 0 bridgehead atoms. The smallest absolute Gasteiger partial charge is 0.115 e. The molecule has 3 heteroatoms. The Kier molecular flexibility index (Phi) is 2.45. The summed E-state index contributed by atoms with van der Waals surface area (Å²) in [5, 5.41) is 1.32. The third-order valence-electron chi connectivity index (χ3n) is 3.08. The minimum atomic E-state index is -0.0367. The summed E-state index contributed by atoms with van der Waals surface area (Å²) in [6, 6.07) is 8.43. The third-order valence-corrected chi connectivity index (χ3v) is 4.33. The van der Waals surface area contributed by atoms with Gasteiger partial charge in [0.1, 0.15) is 4.93 Å². The second-order valence-corrected chi connectivity index (χ2v) is 5.93. The van der Waals surface area contributed by atoms with Gasteiger partial charge in [0, 0.05) is 29.3 Å². The number of benzene rings is 1. The minimum absolute atomic E-state index is 0.0367. The maximum Gasteiger partial charge on any atom is 0.115 e. The molecule has 1 fully saturated rings. The first-order chi connectivity index (χ1) is 7.77. The van der Waals surface area contributed by atoms with E-state index in [0.29, 0.717) is 0 Å². The van der Waals surface area contributed by atoms with Crippen molar-refractivity contribution in [3.63, 3.8) is 0 Å². The molecule has 1 aliphatic heterocycles. The molecule has 0 amide bonds. The average molecular weight is 233 g/mol. The predicted molar refractivity (Wildman–Crippen MR) is 68.8 cm³/mol. The lowest BCUT2D eigenvalue weighted by Gasteiger charge is -2.21. The highest BCUT2D eigenvalue weighted by Gasteiger charge is 2.31. The molecule has 2 nitrogen and oxygen atoms in total. The molecule has 0 spiro atoms. The fourth-order valence-electron chi connectivity index (χ4n) is 2.28. The van der Waals surface area contributed by atoms with Crippen LogP contribution < -0.4 is 0 Å². The van der Waals surface area contributed by atoms with Crippen LogP contribution in [-0.2, 0) is 11.2 Å². The van der Waals surface area contributed by atoms with Gasteiger partial charge in [-0.1, -0.05) is 18.2 Å². The Labute approximate surface area is 99.4 Å². The van der Waals surface area contributed by atoms with Crippen LogP contribution in [-0.4, -0.2) is 22.3 Å². The van der Waals surface area contributed by atoms with Crippen LogP contribution in [0.15, 0.2) is 30.5 Å². The van der Waals surface area contributed by atoms with E-state index in [1.54, 1.807) is 0 Å². The Balaban J connectivity index is 1.94. The van der Waals surface area contributed by atoms with Gasteiger partial charge in [0.15, 0.2) is 0 Å². The number of aromatic nitrogens is 1. The van der Waals surface area contributed by atoms with E-state index in [4.69, 9.17) is 4.74 Å². The number of ether oxygens (including phenoxy) is 1. The number of para-hydroxylation sites is 1. The van der Waals surface area contributed by atoms with Crippen molar-refractivity contribution < 1.29 is 4.74 Å². The second-order valence-electron chi connectivity index (χ2n) is 4.37. The number of H-pyrrole nitrogens is 1. The lowest BCUT2D eigenvalue weighted by Crippen LogP contribution is -2.22. The fraction of sp³-hybridized carbons (Fsp3) is 0.385. The maximum atomic E-state index is 5.81. The van der Waals surface area contributed by atoms with Crippen molar-refractivity contribution in [1.29, 1.82) is 0 Å². The summed E-state index contributed by atoms with van der Waals surface area (Å²) in [5.74, 6) is 1.11. The molecule has 2 heterocycles. The quantitative estimate of drug-likeness (QED) is 0.861. The number of nitrogens with one attached hydrogen (secondary N) is 1. The Bertz CT molecular complexity index is 499. The maximum absolute atomic E-state index is 5.81. The van der Waals surface area contributed by atoms with Crippen molar-refractivity contribution in [2.45, 2.75) is 18.3 Å². The van der Waals surface area contributed by atoms with Crippen molar-refractivity contribution in [3.8, 4) is 0 Å². The van der Waals surface area contributed by atoms with Gasteiger partial charge in [0.25, 0.3) is 0 Å². The van der Waals surface area contributed by atoms with Gasteiger partial charge in [0.05, 0.1) is 6.61 Å². The number of thioether (sulfide) groups is 1. The molecule has 1 atom stereocenters. The molecule has 0 unspecified atom stereocenters. The van der Waals surface area contributed by atoms with Crippen LogP contribution in [0.5, 0.6) is 0 Å². The Morgan fingerprint density at radius 2 is 2.31 bits per heavy atom. The molecule has 0 radical (unpaired) electrons. The van der Waals surface area contributed by atoms with Crippen LogP contribution in [0.25, 0.3) is 10.9 Å². The first kappa shape index (κ1) is 10.2. The monoisotopic (exact) mass is 233 g/mol. The summed E-state index contributed by atoms with van der Waals surface area (Å²) in [4.78, 5) is 3.28. The van der Waals surface area contributed by atoms with Crippen LogP contribution in [0.1, 0.15) is 12.5 Å². The van der Waals surface area contributed by atoms with Gasteiger partial charge < -0.3 is 9.72 Å². The zero-order chi connectivity index (χ0) is 11.0. The molecule has 1 aliphatic rings. The van der Waals surface area contributed by atoms with Gasteiger partial charge in [-0.05, 0) is 18.6 Å². The lowest BCUT2D eigenvalue weighted by molar-refractivity contribution is 0.0667. The highest BCUT2D eigenvalue weighted by atomic mass is 32.2. The minimum Gasteiger partial charge on any atom is -0.363 e. The van der Waals surface area contributed by atoms with Crippen molar-refractivity contribution in [1.82, 2.24) is 4.98 Å². The van der Waals surface area contributed by atoms with Crippen molar-refractivity contribution in [2.24, 2.45) is 0 Å². The molecule has 1 N–H and O–H groups in total. The van der Waals surface area contributed by atoms with E-state index in [9.17, 15) is 0 Å². The van der Waals surface area contributed by atoms with E-state index in [0.717, 1.165) is 18.8 Å². The first-order valence-corrected chi connectivity index (χ1v) is 6.58. The number of hydrogen-bond acceptors (Lipinski definition) is 2. The highest BCUT2D eigenvalue weighted by molar-refractivity contribution is 8.00. The zero-order valence-electron chi connectivity index (χ0n) is 9.32. The van der Waals surface area contributed by atoms with E-state index in [1.165, 1.54) is 16.5 Å². The number of fused-ring (bicyclic) bond motifs is 1. The average Bonchev–Trinajstić information content (AvgIpc) is 2.87. The second kappa shape index (κ2) is 3.82. The van der Waals surface area contributed by atoms with Crippen LogP contribution in [0.2, 0.25) is 0 Å². The molecule has 0 saturated carbocycles. The van der Waals surface area contributed by atoms with Crippen LogP contribution in [0, 0.1) is 0 Å². The molecule has 84 valence electrons. The molecule has 3 rings (SSSR count). The van der Waals surface area contributed by atoms with E-state index in [2.05, 4.69) is 42.4 Å². The lowest BCUT2D eigenvalue weighted by atomic mass is 10.1. The largest absolute Gasteiger partial charge is 0.363 e. The summed E-state index contributed by atoms with van der Waals surface area (Å²) >= 11 is 1.92. The van der Waals surface area contributed by atoms with Crippen molar-refractivity contribution in [3.05, 3.63) is 36.0 Å². The molecule has 16 heavy (non-hydrogen) atoms. The molecular weight excluding hydrogens is 218 g/mol. The normalized spacial score (nSPS) is 25.3. The summed E-state index contributed by atoms with van der Waals surface area (Å²) in [5.41, 5.74) is 2.57. The van der Waals surface area contributed by atoms with Crippen molar-refractivity contribution >= 4 is 22.7 Å². The number of rotatable bonds is 2. The van der Waals surface area contributed by atoms with Gasteiger partial charge in [-0.25, -0.2) is 0 Å². The van der Waals surface area contributed by atoms with Gasteiger partial charge in [-0.2, -0.15) is 0 Å². The van der Waals surface area contributed by atoms with E-state index >= 15 is 0 Å². The molecule has 0 aliphatic carbocycles. The summed E-state index contributed by atoms with van der Waals surface area (Å²) in [6.45, 7) is 3.07.